The lowest BCUT2D eigenvalue weighted by Gasteiger charge is -1.90. The molecule has 0 unspecified atom stereocenters. The summed E-state index contributed by atoms with van der Waals surface area (Å²) in [5.74, 6) is 1.13. The number of aryl methyl sites for hydroxylation is 1. The summed E-state index contributed by atoms with van der Waals surface area (Å²) in [5, 5.41) is 4.24. The van der Waals surface area contributed by atoms with Crippen LogP contribution < -0.4 is 0 Å². The van der Waals surface area contributed by atoms with E-state index in [4.69, 9.17) is 0 Å². The van der Waals surface area contributed by atoms with Crippen molar-refractivity contribution in [3.63, 3.8) is 0 Å². The van der Waals surface area contributed by atoms with Crippen LogP contribution in [0, 0.1) is 0 Å². The van der Waals surface area contributed by atoms with Crippen molar-refractivity contribution in [2.75, 3.05) is 5.75 Å². The fourth-order valence-electron chi connectivity index (χ4n) is 0.876. The molecule has 1 rings (SSSR count). The van der Waals surface area contributed by atoms with Gasteiger partial charge in [0, 0.05) is 5.38 Å². The number of hydrogen-bond acceptors (Lipinski definition) is 3. The number of nitrogens with zero attached hydrogens (tertiary/aromatic N) is 1. The van der Waals surface area contributed by atoms with Crippen molar-refractivity contribution in [3.8, 4) is 0 Å². The molecule has 0 spiro atoms. The third kappa shape index (κ3) is 2.64. The van der Waals surface area contributed by atoms with Crippen LogP contribution in [0.15, 0.2) is 10.8 Å². The van der Waals surface area contributed by atoms with E-state index in [0.717, 1.165) is 17.9 Å². The molecule has 0 saturated heterocycles. The molecule has 66 valence electrons. The number of rotatable bonds is 4. The lowest BCUT2D eigenvalue weighted by atomic mass is 10.2. The van der Waals surface area contributed by atoms with Crippen LogP contribution in [0.2, 0.25) is 0 Å². The molecule has 0 aromatic carbocycles. The molecule has 0 saturated carbocycles. The fraction of sp³-hybridized carbons (Fsp3) is 0.444. The van der Waals surface area contributed by atoms with Gasteiger partial charge in [-0.25, -0.2) is 0 Å². The smallest absolute Gasteiger partial charge is 0.0805 e. The average molecular weight is 199 g/mol. The fourth-order valence-corrected chi connectivity index (χ4v) is 2.05. The van der Waals surface area contributed by atoms with Gasteiger partial charge in [-0.3, -0.25) is 0 Å². The molecule has 0 amide bonds. The highest BCUT2D eigenvalue weighted by atomic mass is 32.2. The minimum Gasteiger partial charge on any atom is -0.193 e. The normalized spacial score (nSPS) is 11.2. The zero-order chi connectivity index (χ0) is 8.81. The van der Waals surface area contributed by atoms with Gasteiger partial charge in [-0.1, -0.05) is 13.8 Å². The van der Waals surface area contributed by atoms with Crippen LogP contribution in [0.4, 0.5) is 0 Å². The van der Waals surface area contributed by atoms with Gasteiger partial charge in [0.1, 0.15) is 0 Å². The molecule has 0 N–H and O–H groups in total. The maximum Gasteiger partial charge on any atom is 0.0805 e. The standard InChI is InChI=1S/C9H13NS2/c1-3-8-7-12-10-9(8)5-6-11-4-2/h5-7H,3-4H2,1-2H3. The highest BCUT2D eigenvalue weighted by Gasteiger charge is 1.98. The van der Waals surface area contributed by atoms with E-state index >= 15 is 0 Å². The second-order valence-corrected chi connectivity index (χ2v) is 4.15. The highest BCUT2D eigenvalue weighted by Crippen LogP contribution is 2.14. The first-order valence-electron chi connectivity index (χ1n) is 4.09. The van der Waals surface area contributed by atoms with Gasteiger partial charge in [0.25, 0.3) is 0 Å². The second-order valence-electron chi connectivity index (χ2n) is 2.34. The molecule has 0 aliphatic rings. The topological polar surface area (TPSA) is 12.9 Å². The molecule has 12 heavy (non-hydrogen) atoms. The number of hydrogen-bond donors (Lipinski definition) is 0. The van der Waals surface area contributed by atoms with E-state index in [2.05, 4.69) is 35.1 Å². The second kappa shape index (κ2) is 5.38. The van der Waals surface area contributed by atoms with Crippen molar-refractivity contribution in [3.05, 3.63) is 22.0 Å². The van der Waals surface area contributed by atoms with E-state index < -0.39 is 0 Å². The molecule has 0 aliphatic heterocycles. The zero-order valence-corrected chi connectivity index (χ0v) is 9.04. The van der Waals surface area contributed by atoms with Gasteiger partial charge in [0.05, 0.1) is 5.69 Å². The molecule has 3 heteroatoms. The molecule has 0 atom stereocenters. The van der Waals surface area contributed by atoms with Crippen LogP contribution in [-0.2, 0) is 6.42 Å². The number of thioether (sulfide) groups is 1. The molecule has 0 aliphatic carbocycles. The summed E-state index contributed by atoms with van der Waals surface area (Å²) in [5.41, 5.74) is 2.50. The quantitative estimate of drug-likeness (QED) is 0.737. The molecule has 0 fully saturated rings. The molecule has 0 bridgehead atoms. The van der Waals surface area contributed by atoms with Gasteiger partial charge in [-0.05, 0) is 40.8 Å². The average Bonchev–Trinajstić information content (AvgIpc) is 2.52. The van der Waals surface area contributed by atoms with Crippen molar-refractivity contribution in [1.29, 1.82) is 0 Å². The van der Waals surface area contributed by atoms with Gasteiger partial charge < -0.3 is 0 Å². The van der Waals surface area contributed by atoms with Crippen LogP contribution in [0.3, 0.4) is 0 Å². The molecule has 1 aromatic rings. The third-order valence-electron chi connectivity index (χ3n) is 1.54. The Balaban J connectivity index is 2.61. The maximum absolute atomic E-state index is 4.30. The monoisotopic (exact) mass is 199 g/mol. The van der Waals surface area contributed by atoms with Crippen molar-refractivity contribution >= 4 is 29.4 Å². The summed E-state index contributed by atoms with van der Waals surface area (Å²) in [6, 6.07) is 0. The Hall–Kier alpha value is -0.280. The van der Waals surface area contributed by atoms with E-state index in [-0.39, 0.29) is 0 Å². The largest absolute Gasteiger partial charge is 0.193 e. The van der Waals surface area contributed by atoms with Gasteiger partial charge in [-0.15, -0.1) is 11.8 Å². The van der Waals surface area contributed by atoms with Crippen molar-refractivity contribution in [1.82, 2.24) is 4.37 Å². The summed E-state index contributed by atoms with van der Waals surface area (Å²) < 4.78 is 4.30. The Morgan fingerprint density at radius 2 is 2.42 bits per heavy atom. The molecule has 1 heterocycles. The Morgan fingerprint density at radius 3 is 3.08 bits per heavy atom. The van der Waals surface area contributed by atoms with Gasteiger partial charge >= 0.3 is 0 Å². The summed E-state index contributed by atoms with van der Waals surface area (Å²) in [4.78, 5) is 0. The van der Waals surface area contributed by atoms with E-state index in [9.17, 15) is 0 Å². The molecule has 0 radical (unpaired) electrons. The summed E-state index contributed by atoms with van der Waals surface area (Å²) in [6.45, 7) is 4.31. The van der Waals surface area contributed by atoms with Crippen molar-refractivity contribution < 1.29 is 0 Å². The van der Waals surface area contributed by atoms with Crippen LogP contribution in [0.5, 0.6) is 0 Å². The Morgan fingerprint density at radius 1 is 1.58 bits per heavy atom. The number of aromatic nitrogens is 1. The summed E-state index contributed by atoms with van der Waals surface area (Å²) >= 11 is 3.35. The van der Waals surface area contributed by atoms with Crippen molar-refractivity contribution in [2.24, 2.45) is 0 Å². The van der Waals surface area contributed by atoms with Crippen LogP contribution in [0.25, 0.3) is 6.08 Å². The first-order valence-corrected chi connectivity index (χ1v) is 5.98. The van der Waals surface area contributed by atoms with E-state index in [1.54, 1.807) is 0 Å². The lowest BCUT2D eigenvalue weighted by molar-refractivity contribution is 1.13. The van der Waals surface area contributed by atoms with Crippen LogP contribution in [0.1, 0.15) is 25.1 Å². The van der Waals surface area contributed by atoms with E-state index in [0.29, 0.717) is 0 Å². The highest BCUT2D eigenvalue weighted by molar-refractivity contribution is 8.02. The van der Waals surface area contributed by atoms with E-state index in [1.807, 2.05) is 11.8 Å². The predicted octanol–water partition coefficient (Wildman–Crippen LogP) is 3.43. The summed E-state index contributed by atoms with van der Waals surface area (Å²) in [7, 11) is 0. The Labute approximate surface area is 82.1 Å². The first-order chi connectivity index (χ1) is 5.88. The van der Waals surface area contributed by atoms with Crippen molar-refractivity contribution in [2.45, 2.75) is 20.3 Å². The van der Waals surface area contributed by atoms with E-state index in [1.165, 1.54) is 17.1 Å². The zero-order valence-electron chi connectivity index (χ0n) is 7.41. The van der Waals surface area contributed by atoms with Crippen LogP contribution in [-0.4, -0.2) is 10.1 Å². The Kier molecular flexibility index (Phi) is 4.40. The molecular formula is C9H13NS2. The third-order valence-corrected chi connectivity index (χ3v) is 2.90. The molecule has 1 nitrogen and oxygen atoms in total. The maximum atomic E-state index is 4.30. The first kappa shape index (κ1) is 9.81. The SMILES string of the molecule is CCSC=Cc1nscc1CC. The van der Waals surface area contributed by atoms with Crippen LogP contribution >= 0.6 is 23.3 Å². The molecular weight excluding hydrogens is 186 g/mol. The van der Waals surface area contributed by atoms with Gasteiger partial charge in [-0.2, -0.15) is 4.37 Å². The predicted molar refractivity (Wildman–Crippen MR) is 58.7 cm³/mol. The van der Waals surface area contributed by atoms with Gasteiger partial charge in [0.15, 0.2) is 0 Å². The summed E-state index contributed by atoms with van der Waals surface area (Å²) in [6.07, 6.45) is 3.18. The van der Waals surface area contributed by atoms with Gasteiger partial charge in [0.2, 0.25) is 0 Å². The molecule has 1 aromatic heterocycles. The lowest BCUT2D eigenvalue weighted by Crippen LogP contribution is -1.79. The minimum atomic E-state index is 1.08. The Bertz CT molecular complexity index is 253. The minimum absolute atomic E-state index is 1.08.